The largest absolute Gasteiger partial charge is 0.372 e. The van der Waals surface area contributed by atoms with Gasteiger partial charge >= 0.3 is 6.03 Å². The number of aliphatic hydroxyl groups is 1. The second-order valence-electron chi connectivity index (χ2n) is 2.80. The van der Waals surface area contributed by atoms with Gasteiger partial charge in [-0.25, -0.2) is 4.79 Å². The Morgan fingerprint density at radius 1 is 1.77 bits per heavy atom. The third kappa shape index (κ3) is 2.13. The van der Waals surface area contributed by atoms with Crippen molar-refractivity contribution in [3.63, 3.8) is 0 Å². The number of carbonyl (C=O) groups is 1. The minimum atomic E-state index is -0.562. The number of urea groups is 1. The molecular weight excluding hydrogens is 190 g/mol. The maximum absolute atomic E-state index is 10.9. The minimum Gasteiger partial charge on any atom is -0.372 e. The van der Waals surface area contributed by atoms with E-state index in [1.165, 1.54) is 18.8 Å². The number of aliphatic imine (C=N–C) groups is 1. The highest BCUT2D eigenvalue weighted by molar-refractivity contribution is 8.14. The molecule has 6 heteroatoms. The second kappa shape index (κ2) is 3.97. The standard InChI is InChI=1S/C7H13N3O2S/c1-4-5(11)10(3)7(13-4)9-6(12)8-2/h4-5,11H,1-3H3,(H,8,12)/b9-7-. The average molecular weight is 203 g/mol. The van der Waals surface area contributed by atoms with Gasteiger partial charge in [0.2, 0.25) is 0 Å². The van der Waals surface area contributed by atoms with Crippen LogP contribution in [0.4, 0.5) is 4.79 Å². The number of amides is 2. The number of amidine groups is 1. The van der Waals surface area contributed by atoms with Gasteiger partial charge in [-0.2, -0.15) is 4.99 Å². The van der Waals surface area contributed by atoms with Crippen LogP contribution in [0.1, 0.15) is 6.92 Å². The fraction of sp³-hybridized carbons (Fsp3) is 0.714. The number of aliphatic hydroxyl groups excluding tert-OH is 1. The van der Waals surface area contributed by atoms with Crippen molar-refractivity contribution < 1.29 is 9.90 Å². The lowest BCUT2D eigenvalue weighted by atomic mass is 10.4. The highest BCUT2D eigenvalue weighted by Gasteiger charge is 2.32. The van der Waals surface area contributed by atoms with E-state index >= 15 is 0 Å². The van der Waals surface area contributed by atoms with Crippen LogP contribution in [0.25, 0.3) is 0 Å². The Bertz CT molecular complexity index is 244. The van der Waals surface area contributed by atoms with Crippen LogP contribution in [-0.4, -0.2) is 46.8 Å². The molecule has 0 aliphatic carbocycles. The number of thioether (sulfide) groups is 1. The molecule has 2 N–H and O–H groups in total. The molecule has 1 fully saturated rings. The van der Waals surface area contributed by atoms with Gasteiger partial charge < -0.3 is 15.3 Å². The molecule has 0 radical (unpaired) electrons. The van der Waals surface area contributed by atoms with E-state index in [0.717, 1.165) is 0 Å². The van der Waals surface area contributed by atoms with E-state index < -0.39 is 12.3 Å². The van der Waals surface area contributed by atoms with Gasteiger partial charge in [0.25, 0.3) is 0 Å². The number of nitrogens with one attached hydrogen (secondary N) is 1. The molecule has 1 aliphatic rings. The van der Waals surface area contributed by atoms with Crippen molar-refractivity contribution in [3.8, 4) is 0 Å². The Hall–Kier alpha value is -0.750. The Morgan fingerprint density at radius 2 is 2.38 bits per heavy atom. The smallest absolute Gasteiger partial charge is 0.343 e. The molecule has 1 saturated heterocycles. The lowest BCUT2D eigenvalue weighted by Crippen LogP contribution is -2.33. The van der Waals surface area contributed by atoms with Crippen LogP contribution < -0.4 is 5.32 Å². The first kappa shape index (κ1) is 10.3. The topological polar surface area (TPSA) is 64.9 Å². The zero-order chi connectivity index (χ0) is 10.0. The monoisotopic (exact) mass is 203 g/mol. The zero-order valence-electron chi connectivity index (χ0n) is 7.81. The number of nitrogens with zero attached hydrogens (tertiary/aromatic N) is 2. The molecule has 0 bridgehead atoms. The number of rotatable bonds is 0. The zero-order valence-corrected chi connectivity index (χ0v) is 8.63. The maximum Gasteiger partial charge on any atom is 0.343 e. The molecule has 0 aromatic carbocycles. The van der Waals surface area contributed by atoms with Gasteiger partial charge in [0.15, 0.2) is 5.17 Å². The highest BCUT2D eigenvalue weighted by atomic mass is 32.2. The average Bonchev–Trinajstić information content (AvgIpc) is 2.34. The van der Waals surface area contributed by atoms with E-state index in [1.807, 2.05) is 6.92 Å². The molecule has 0 aromatic rings. The maximum atomic E-state index is 10.9. The van der Waals surface area contributed by atoms with Crippen LogP contribution in [0.5, 0.6) is 0 Å². The van der Waals surface area contributed by atoms with Gasteiger partial charge in [-0.15, -0.1) is 0 Å². The van der Waals surface area contributed by atoms with Gasteiger partial charge in [0.1, 0.15) is 6.23 Å². The molecular formula is C7H13N3O2S. The summed E-state index contributed by atoms with van der Waals surface area (Å²) in [5, 5.41) is 12.5. The summed E-state index contributed by atoms with van der Waals surface area (Å²) < 4.78 is 0. The summed E-state index contributed by atoms with van der Waals surface area (Å²) in [4.78, 5) is 16.3. The van der Waals surface area contributed by atoms with Crippen LogP contribution in [0, 0.1) is 0 Å². The van der Waals surface area contributed by atoms with E-state index in [2.05, 4.69) is 10.3 Å². The summed E-state index contributed by atoms with van der Waals surface area (Å²) in [7, 11) is 3.23. The van der Waals surface area contributed by atoms with Gasteiger partial charge in [-0.1, -0.05) is 11.8 Å². The molecule has 1 rings (SSSR count). The van der Waals surface area contributed by atoms with Crippen LogP contribution in [-0.2, 0) is 0 Å². The van der Waals surface area contributed by atoms with Crippen molar-refractivity contribution in [1.29, 1.82) is 0 Å². The first-order chi connectivity index (χ1) is 6.06. The summed E-state index contributed by atoms with van der Waals surface area (Å²) in [6.45, 7) is 1.89. The highest BCUT2D eigenvalue weighted by Crippen LogP contribution is 2.28. The van der Waals surface area contributed by atoms with Gasteiger partial charge in [0, 0.05) is 14.1 Å². The van der Waals surface area contributed by atoms with Crippen LogP contribution in [0.3, 0.4) is 0 Å². The normalized spacial score (nSPS) is 31.1. The summed E-state index contributed by atoms with van der Waals surface area (Å²) >= 11 is 1.39. The molecule has 1 aliphatic heterocycles. The molecule has 74 valence electrons. The first-order valence-electron chi connectivity index (χ1n) is 3.94. The summed E-state index contributed by atoms with van der Waals surface area (Å²) in [6, 6.07) is -0.393. The van der Waals surface area contributed by atoms with Crippen molar-refractivity contribution in [2.75, 3.05) is 14.1 Å². The van der Waals surface area contributed by atoms with Crippen molar-refractivity contribution in [2.24, 2.45) is 4.99 Å². The van der Waals surface area contributed by atoms with E-state index in [1.54, 1.807) is 11.9 Å². The van der Waals surface area contributed by atoms with Crippen molar-refractivity contribution in [1.82, 2.24) is 10.2 Å². The SMILES string of the molecule is CNC(=O)/N=C1\SC(C)C(O)N1C. The van der Waals surface area contributed by atoms with Gasteiger partial charge in [-0.3, -0.25) is 0 Å². The molecule has 2 unspecified atom stereocenters. The fourth-order valence-electron chi connectivity index (χ4n) is 0.986. The molecule has 13 heavy (non-hydrogen) atoms. The predicted molar refractivity (Wildman–Crippen MR) is 52.7 cm³/mol. The molecule has 2 amide bonds. The van der Waals surface area contributed by atoms with Crippen LogP contribution >= 0.6 is 11.8 Å². The molecule has 2 atom stereocenters. The van der Waals surface area contributed by atoms with Crippen LogP contribution in [0.15, 0.2) is 4.99 Å². The lowest BCUT2D eigenvalue weighted by molar-refractivity contribution is 0.0798. The van der Waals surface area contributed by atoms with Crippen molar-refractivity contribution in [3.05, 3.63) is 0 Å². The number of hydrogen-bond donors (Lipinski definition) is 2. The van der Waals surface area contributed by atoms with E-state index in [9.17, 15) is 9.90 Å². The van der Waals surface area contributed by atoms with Gasteiger partial charge in [-0.05, 0) is 6.92 Å². The quantitative estimate of drug-likeness (QED) is 0.584. The molecule has 0 spiro atoms. The van der Waals surface area contributed by atoms with E-state index in [-0.39, 0.29) is 5.25 Å². The number of carbonyl (C=O) groups excluding carboxylic acids is 1. The summed E-state index contributed by atoms with van der Waals surface area (Å²) in [5.41, 5.74) is 0. The van der Waals surface area contributed by atoms with E-state index in [0.29, 0.717) is 5.17 Å². The van der Waals surface area contributed by atoms with Crippen LogP contribution in [0.2, 0.25) is 0 Å². The Balaban J connectivity index is 2.73. The summed E-state index contributed by atoms with van der Waals surface area (Å²) in [5.74, 6) is 0. The third-order valence-corrected chi connectivity index (χ3v) is 3.03. The molecule has 0 aromatic heterocycles. The predicted octanol–water partition coefficient (Wildman–Crippen LogP) is 0.0673. The number of hydrogen-bond acceptors (Lipinski definition) is 3. The van der Waals surface area contributed by atoms with Crippen molar-refractivity contribution in [2.45, 2.75) is 18.4 Å². The Morgan fingerprint density at radius 3 is 2.77 bits per heavy atom. The Labute approximate surface area is 81.2 Å². The first-order valence-corrected chi connectivity index (χ1v) is 4.82. The third-order valence-electron chi connectivity index (χ3n) is 1.82. The lowest BCUT2D eigenvalue weighted by Gasteiger charge is -2.16. The van der Waals surface area contributed by atoms with Gasteiger partial charge in [0.05, 0.1) is 5.25 Å². The molecule has 1 heterocycles. The summed E-state index contributed by atoms with van der Waals surface area (Å²) in [6.07, 6.45) is -0.562. The van der Waals surface area contributed by atoms with Crippen molar-refractivity contribution >= 4 is 23.0 Å². The Kier molecular flexibility index (Phi) is 3.16. The molecule has 0 saturated carbocycles. The fourth-order valence-corrected chi connectivity index (χ4v) is 2.03. The minimum absolute atomic E-state index is 0.0495. The second-order valence-corrected chi connectivity index (χ2v) is 4.14. The molecule has 5 nitrogen and oxygen atoms in total. The van der Waals surface area contributed by atoms with E-state index in [4.69, 9.17) is 0 Å².